The highest BCUT2D eigenvalue weighted by atomic mass is 35.5. The molecule has 1 N–H and O–H groups in total. The van der Waals surface area contributed by atoms with E-state index in [1.807, 2.05) is 0 Å². The predicted octanol–water partition coefficient (Wildman–Crippen LogP) is 3.93. The molecule has 0 saturated heterocycles. The van der Waals surface area contributed by atoms with Crippen molar-refractivity contribution in [3.63, 3.8) is 0 Å². The molecule has 0 aliphatic heterocycles. The number of benzene rings is 1. The largest absolute Gasteiger partial charge is 0.573 e. The summed E-state index contributed by atoms with van der Waals surface area (Å²) < 4.78 is 45.2. The van der Waals surface area contributed by atoms with Gasteiger partial charge in [0.25, 0.3) is 5.91 Å². The summed E-state index contributed by atoms with van der Waals surface area (Å²) in [6.07, 6.45) is -3.08. The summed E-state index contributed by atoms with van der Waals surface area (Å²) in [5.41, 5.74) is 0.00137. The number of esters is 1. The number of halogens is 4. The Labute approximate surface area is 166 Å². The zero-order chi connectivity index (χ0) is 20.9. The van der Waals surface area contributed by atoms with E-state index in [1.165, 1.54) is 37.0 Å². The van der Waals surface area contributed by atoms with Crippen LogP contribution in [0.2, 0.25) is 5.02 Å². The number of thioether (sulfide) groups is 1. The lowest BCUT2D eigenvalue weighted by Crippen LogP contribution is -2.30. The summed E-state index contributed by atoms with van der Waals surface area (Å²) in [7, 11) is 0. The van der Waals surface area contributed by atoms with Crippen molar-refractivity contribution < 1.29 is 32.2 Å². The summed E-state index contributed by atoms with van der Waals surface area (Å²) in [6, 6.07) is 4.48. The summed E-state index contributed by atoms with van der Waals surface area (Å²) in [5.74, 6) is -2.06. The summed E-state index contributed by atoms with van der Waals surface area (Å²) in [5, 5.41) is 2.67. The molecule has 1 amide bonds. The fraction of sp³-hybridized carbons (Fsp3) is 0.250. The van der Waals surface area contributed by atoms with Gasteiger partial charge >= 0.3 is 12.3 Å². The van der Waals surface area contributed by atoms with Crippen molar-refractivity contribution in [2.75, 3.05) is 11.6 Å². The molecule has 0 aliphatic rings. The number of rotatable bonds is 6. The molecule has 0 fully saturated rings. The first-order valence-electron chi connectivity index (χ1n) is 7.53. The molecular weight excluding hydrogens is 423 g/mol. The topological polar surface area (TPSA) is 90.4 Å². The van der Waals surface area contributed by atoms with Gasteiger partial charge in [-0.2, -0.15) is 0 Å². The number of nitrogens with zero attached hydrogens (tertiary/aromatic N) is 2. The molecule has 150 valence electrons. The Bertz CT molecular complexity index is 865. The Morgan fingerprint density at radius 1 is 1.25 bits per heavy atom. The molecule has 2 rings (SSSR count). The van der Waals surface area contributed by atoms with Crippen LogP contribution < -0.4 is 10.1 Å². The highest BCUT2D eigenvalue weighted by molar-refractivity contribution is 7.98. The lowest BCUT2D eigenvalue weighted by molar-refractivity contribution is -0.274. The third-order valence-electron chi connectivity index (χ3n) is 3.11. The van der Waals surface area contributed by atoms with Crippen molar-refractivity contribution in [1.29, 1.82) is 0 Å². The Morgan fingerprint density at radius 2 is 1.89 bits per heavy atom. The van der Waals surface area contributed by atoms with Gasteiger partial charge in [0.2, 0.25) is 0 Å². The Kier molecular flexibility index (Phi) is 7.08. The van der Waals surface area contributed by atoms with E-state index in [0.717, 1.165) is 12.1 Å². The SMILES string of the molecule is CSc1ncc(Cl)c(C(=O)OC(C)C(=O)Nc2ccc(OC(F)(F)F)cc2)n1. The number of ether oxygens (including phenoxy) is 2. The quantitative estimate of drug-likeness (QED) is 0.417. The minimum absolute atomic E-state index is 0.0318. The van der Waals surface area contributed by atoms with Gasteiger partial charge < -0.3 is 14.8 Å². The molecule has 12 heteroatoms. The number of carbonyl (C=O) groups excluding carboxylic acids is 2. The minimum atomic E-state index is -4.81. The van der Waals surface area contributed by atoms with E-state index in [4.69, 9.17) is 16.3 Å². The molecule has 1 unspecified atom stereocenters. The summed E-state index contributed by atoms with van der Waals surface area (Å²) in [4.78, 5) is 32.1. The number of anilines is 1. The number of amides is 1. The van der Waals surface area contributed by atoms with Gasteiger partial charge in [-0.25, -0.2) is 14.8 Å². The minimum Gasteiger partial charge on any atom is -0.448 e. The number of hydrogen-bond donors (Lipinski definition) is 1. The van der Waals surface area contributed by atoms with Crippen molar-refractivity contribution in [2.45, 2.75) is 24.5 Å². The second kappa shape index (κ2) is 9.11. The number of hydrogen-bond acceptors (Lipinski definition) is 7. The van der Waals surface area contributed by atoms with Crippen LogP contribution >= 0.6 is 23.4 Å². The Hall–Kier alpha value is -2.53. The molecule has 0 radical (unpaired) electrons. The third kappa shape index (κ3) is 6.27. The van der Waals surface area contributed by atoms with Gasteiger partial charge in [-0.1, -0.05) is 23.4 Å². The van der Waals surface area contributed by atoms with Gasteiger partial charge in [0.05, 0.1) is 11.2 Å². The van der Waals surface area contributed by atoms with E-state index in [-0.39, 0.29) is 16.4 Å². The standard InChI is InChI=1S/C16H13ClF3N3O4S/c1-8(26-14(25)12-11(17)7-21-15(23-12)28-2)13(24)22-9-3-5-10(6-4-9)27-16(18,19)20/h3-8H,1-2H3,(H,22,24). The van der Waals surface area contributed by atoms with Crippen LogP contribution in [0.25, 0.3) is 0 Å². The maximum absolute atomic E-state index is 12.2. The highest BCUT2D eigenvalue weighted by Crippen LogP contribution is 2.24. The molecule has 28 heavy (non-hydrogen) atoms. The Balaban J connectivity index is 1.98. The molecule has 0 bridgehead atoms. The van der Waals surface area contributed by atoms with E-state index >= 15 is 0 Å². The van der Waals surface area contributed by atoms with Crippen LogP contribution in [-0.2, 0) is 9.53 Å². The second-order valence-electron chi connectivity index (χ2n) is 5.16. The first-order chi connectivity index (χ1) is 13.1. The first kappa shape index (κ1) is 21.8. The molecule has 2 aromatic rings. The molecule has 1 atom stereocenters. The van der Waals surface area contributed by atoms with Crippen molar-refractivity contribution in [3.8, 4) is 5.75 Å². The number of nitrogens with one attached hydrogen (secondary N) is 1. The predicted molar refractivity (Wildman–Crippen MR) is 95.5 cm³/mol. The molecular formula is C16H13ClF3N3O4S. The molecule has 1 aromatic carbocycles. The average Bonchev–Trinajstić information content (AvgIpc) is 2.62. The van der Waals surface area contributed by atoms with Crippen molar-refractivity contribution >= 4 is 40.9 Å². The second-order valence-corrected chi connectivity index (χ2v) is 6.34. The van der Waals surface area contributed by atoms with Crippen molar-refractivity contribution in [2.24, 2.45) is 0 Å². The van der Waals surface area contributed by atoms with Crippen LogP contribution in [0.3, 0.4) is 0 Å². The van der Waals surface area contributed by atoms with Crippen molar-refractivity contribution in [1.82, 2.24) is 9.97 Å². The van der Waals surface area contributed by atoms with E-state index in [0.29, 0.717) is 5.16 Å². The molecule has 7 nitrogen and oxygen atoms in total. The molecule has 1 aromatic heterocycles. The molecule has 1 heterocycles. The fourth-order valence-electron chi connectivity index (χ4n) is 1.85. The molecule has 0 spiro atoms. The zero-order valence-corrected chi connectivity index (χ0v) is 16.0. The van der Waals surface area contributed by atoms with Crippen LogP contribution in [0.5, 0.6) is 5.75 Å². The van der Waals surface area contributed by atoms with E-state index < -0.39 is 30.1 Å². The van der Waals surface area contributed by atoms with E-state index in [1.54, 1.807) is 6.26 Å². The number of aromatic nitrogens is 2. The van der Waals surface area contributed by atoms with Crippen LogP contribution in [0, 0.1) is 0 Å². The van der Waals surface area contributed by atoms with Gasteiger partial charge in [0.15, 0.2) is 17.0 Å². The number of alkyl halides is 3. The normalized spacial score (nSPS) is 12.2. The zero-order valence-electron chi connectivity index (χ0n) is 14.4. The van der Waals surface area contributed by atoms with Gasteiger partial charge in [-0.15, -0.1) is 13.2 Å². The van der Waals surface area contributed by atoms with Gasteiger partial charge in [-0.3, -0.25) is 4.79 Å². The van der Waals surface area contributed by atoms with Gasteiger partial charge in [-0.05, 0) is 37.4 Å². The first-order valence-corrected chi connectivity index (χ1v) is 9.13. The maximum Gasteiger partial charge on any atom is 0.573 e. The maximum atomic E-state index is 12.2. The van der Waals surface area contributed by atoms with E-state index in [9.17, 15) is 22.8 Å². The third-order valence-corrected chi connectivity index (χ3v) is 3.94. The Morgan fingerprint density at radius 3 is 2.46 bits per heavy atom. The molecule has 0 saturated carbocycles. The monoisotopic (exact) mass is 435 g/mol. The van der Waals surface area contributed by atoms with Crippen LogP contribution in [-0.4, -0.2) is 40.6 Å². The highest BCUT2D eigenvalue weighted by Gasteiger charge is 2.31. The van der Waals surface area contributed by atoms with E-state index in [2.05, 4.69) is 20.0 Å². The van der Waals surface area contributed by atoms with Crippen LogP contribution in [0.15, 0.2) is 35.6 Å². The van der Waals surface area contributed by atoms with Crippen molar-refractivity contribution in [3.05, 3.63) is 41.2 Å². The summed E-state index contributed by atoms with van der Waals surface area (Å²) >= 11 is 7.07. The molecule has 0 aliphatic carbocycles. The smallest absolute Gasteiger partial charge is 0.448 e. The van der Waals surface area contributed by atoms with Gasteiger partial charge in [0, 0.05) is 5.69 Å². The number of carbonyl (C=O) groups is 2. The van der Waals surface area contributed by atoms with Crippen LogP contribution in [0.1, 0.15) is 17.4 Å². The van der Waals surface area contributed by atoms with Gasteiger partial charge in [0.1, 0.15) is 5.75 Å². The fourth-order valence-corrected chi connectivity index (χ4v) is 2.36. The average molecular weight is 436 g/mol. The van der Waals surface area contributed by atoms with Crippen LogP contribution in [0.4, 0.5) is 18.9 Å². The lowest BCUT2D eigenvalue weighted by atomic mass is 10.3. The summed E-state index contributed by atoms with van der Waals surface area (Å²) in [6.45, 7) is 1.32. The lowest BCUT2D eigenvalue weighted by Gasteiger charge is -2.14.